The number of rotatable bonds is 2. The lowest BCUT2D eigenvalue weighted by Gasteiger charge is -2.42. The van der Waals surface area contributed by atoms with Crippen molar-refractivity contribution in [1.29, 1.82) is 5.26 Å². The van der Waals surface area contributed by atoms with Crippen LogP contribution in [0.15, 0.2) is 24.3 Å². The van der Waals surface area contributed by atoms with Crippen molar-refractivity contribution in [3.8, 4) is 6.07 Å². The molecule has 0 aliphatic heterocycles. The average molecular weight is 285 g/mol. The van der Waals surface area contributed by atoms with E-state index < -0.39 is 11.5 Å². The first kappa shape index (κ1) is 16.0. The summed E-state index contributed by atoms with van der Waals surface area (Å²) in [6, 6.07) is 10.4. The molecule has 21 heavy (non-hydrogen) atoms. The van der Waals surface area contributed by atoms with Gasteiger partial charge in [-0.3, -0.25) is 0 Å². The first-order chi connectivity index (χ1) is 9.78. The molecule has 0 saturated heterocycles. The highest BCUT2D eigenvalue weighted by atomic mass is 16.3. The summed E-state index contributed by atoms with van der Waals surface area (Å²) in [4.78, 5) is 0. The quantitative estimate of drug-likeness (QED) is 0.850. The van der Waals surface area contributed by atoms with Gasteiger partial charge in [0.1, 0.15) is 0 Å². The molecule has 0 aromatic heterocycles. The molecule has 1 aromatic rings. The van der Waals surface area contributed by atoms with Crippen molar-refractivity contribution in [3.05, 3.63) is 35.4 Å². The van der Waals surface area contributed by atoms with Crippen molar-refractivity contribution in [2.24, 2.45) is 16.7 Å². The molecule has 114 valence electrons. The summed E-state index contributed by atoms with van der Waals surface area (Å²) < 4.78 is 0. The van der Waals surface area contributed by atoms with Crippen molar-refractivity contribution in [2.45, 2.75) is 59.5 Å². The number of aliphatic hydroxyl groups excluding tert-OH is 1. The Morgan fingerprint density at radius 3 is 2.14 bits per heavy atom. The first-order valence-electron chi connectivity index (χ1n) is 7.94. The highest BCUT2D eigenvalue weighted by Gasteiger charge is 2.44. The molecule has 2 rings (SSSR count). The van der Waals surface area contributed by atoms with Gasteiger partial charge in [0.25, 0.3) is 0 Å². The number of nitriles is 1. The molecule has 1 atom stereocenters. The summed E-state index contributed by atoms with van der Waals surface area (Å²) in [6.07, 6.45) is 2.96. The van der Waals surface area contributed by atoms with Crippen LogP contribution in [0.4, 0.5) is 0 Å². The normalized spacial score (nSPS) is 27.9. The van der Waals surface area contributed by atoms with Crippen molar-refractivity contribution in [1.82, 2.24) is 0 Å². The van der Waals surface area contributed by atoms with Gasteiger partial charge in [-0.05, 0) is 49.5 Å². The van der Waals surface area contributed by atoms with E-state index in [2.05, 4.69) is 26.8 Å². The van der Waals surface area contributed by atoms with Gasteiger partial charge in [-0.25, -0.2) is 0 Å². The van der Waals surface area contributed by atoms with Crippen molar-refractivity contribution >= 4 is 0 Å². The summed E-state index contributed by atoms with van der Waals surface area (Å²) in [7, 11) is 0. The Labute approximate surface area is 128 Å². The second kappa shape index (κ2) is 5.81. The molecule has 1 aliphatic rings. The molecule has 0 radical (unpaired) electrons. The zero-order valence-corrected chi connectivity index (χ0v) is 13.7. The van der Waals surface area contributed by atoms with E-state index in [1.54, 1.807) is 0 Å². The van der Waals surface area contributed by atoms with Crippen LogP contribution in [-0.2, 0) is 0 Å². The van der Waals surface area contributed by atoms with Gasteiger partial charge in [0, 0.05) is 0 Å². The lowest BCUT2D eigenvalue weighted by atomic mass is 9.62. The second-order valence-electron chi connectivity index (χ2n) is 7.72. The maximum atomic E-state index is 10.8. The number of aryl methyl sites for hydroxylation is 1. The second-order valence-corrected chi connectivity index (χ2v) is 7.72. The molecular formula is C19H27NO. The lowest BCUT2D eigenvalue weighted by Crippen LogP contribution is -2.36. The van der Waals surface area contributed by atoms with Crippen LogP contribution < -0.4 is 0 Å². The Balaban J connectivity index is 2.17. The van der Waals surface area contributed by atoms with Crippen molar-refractivity contribution in [3.63, 3.8) is 0 Å². The third-order valence-electron chi connectivity index (χ3n) is 5.24. The lowest BCUT2D eigenvalue weighted by molar-refractivity contribution is 0.00841. The Morgan fingerprint density at radius 2 is 1.71 bits per heavy atom. The van der Waals surface area contributed by atoms with Crippen LogP contribution in [0.5, 0.6) is 0 Å². The van der Waals surface area contributed by atoms with Crippen LogP contribution in [0.2, 0.25) is 0 Å². The number of benzene rings is 1. The molecule has 1 fully saturated rings. The van der Waals surface area contributed by atoms with Crippen LogP contribution in [0.1, 0.15) is 63.7 Å². The molecular weight excluding hydrogens is 258 g/mol. The van der Waals surface area contributed by atoms with E-state index in [0.29, 0.717) is 5.92 Å². The SMILES string of the molecule is Cc1ccc(C(O)C2(C#N)CCC(C(C)(C)C)CC2)cc1. The number of aliphatic hydroxyl groups is 1. The van der Waals surface area contributed by atoms with Gasteiger partial charge in [-0.2, -0.15) is 5.26 Å². The van der Waals surface area contributed by atoms with Crippen LogP contribution >= 0.6 is 0 Å². The van der Waals surface area contributed by atoms with Crippen LogP contribution in [0.3, 0.4) is 0 Å². The molecule has 2 heteroatoms. The topological polar surface area (TPSA) is 44.0 Å². The van der Waals surface area contributed by atoms with Gasteiger partial charge in [0.15, 0.2) is 0 Å². The Morgan fingerprint density at radius 1 is 1.19 bits per heavy atom. The molecule has 1 N–H and O–H groups in total. The fourth-order valence-electron chi connectivity index (χ4n) is 3.51. The minimum atomic E-state index is -0.677. The molecule has 0 heterocycles. The predicted molar refractivity (Wildman–Crippen MR) is 85.6 cm³/mol. The van der Waals surface area contributed by atoms with E-state index >= 15 is 0 Å². The third kappa shape index (κ3) is 3.30. The monoisotopic (exact) mass is 285 g/mol. The van der Waals surface area contributed by atoms with Gasteiger partial charge in [-0.15, -0.1) is 0 Å². The highest BCUT2D eigenvalue weighted by Crippen LogP contribution is 2.50. The largest absolute Gasteiger partial charge is 0.387 e. The fraction of sp³-hybridized carbons (Fsp3) is 0.632. The molecule has 0 amide bonds. The van der Waals surface area contributed by atoms with E-state index in [0.717, 1.165) is 31.2 Å². The molecule has 0 bridgehead atoms. The van der Waals surface area contributed by atoms with Gasteiger partial charge < -0.3 is 5.11 Å². The first-order valence-corrected chi connectivity index (χ1v) is 7.94. The molecule has 1 aliphatic carbocycles. The summed E-state index contributed by atoms with van der Waals surface area (Å²) in [5.41, 5.74) is 1.72. The van der Waals surface area contributed by atoms with Gasteiger partial charge in [0.2, 0.25) is 0 Å². The van der Waals surface area contributed by atoms with Gasteiger partial charge >= 0.3 is 0 Å². The van der Waals surface area contributed by atoms with Crippen LogP contribution in [0.25, 0.3) is 0 Å². The highest BCUT2D eigenvalue weighted by molar-refractivity contribution is 5.27. The van der Waals surface area contributed by atoms with Crippen molar-refractivity contribution in [2.75, 3.05) is 0 Å². The van der Waals surface area contributed by atoms with Gasteiger partial charge in [0.05, 0.1) is 17.6 Å². The maximum absolute atomic E-state index is 10.8. The third-order valence-corrected chi connectivity index (χ3v) is 5.24. The number of hydrogen-bond donors (Lipinski definition) is 1. The maximum Gasteiger partial charge on any atom is 0.0976 e. The minimum absolute atomic E-state index is 0.288. The molecule has 1 aromatic carbocycles. The molecule has 1 unspecified atom stereocenters. The van der Waals surface area contributed by atoms with E-state index in [4.69, 9.17) is 0 Å². The summed E-state index contributed by atoms with van der Waals surface area (Å²) in [6.45, 7) is 8.85. The fourth-order valence-corrected chi connectivity index (χ4v) is 3.51. The molecule has 2 nitrogen and oxygen atoms in total. The van der Waals surface area contributed by atoms with Gasteiger partial charge in [-0.1, -0.05) is 50.6 Å². The zero-order chi connectivity index (χ0) is 15.7. The summed E-state index contributed by atoms with van der Waals surface area (Å²) in [5.74, 6) is 0.643. The van der Waals surface area contributed by atoms with E-state index in [9.17, 15) is 10.4 Å². The average Bonchev–Trinajstić information content (AvgIpc) is 2.46. The Bertz CT molecular complexity index is 510. The Kier molecular flexibility index (Phi) is 4.44. The molecule has 0 spiro atoms. The zero-order valence-electron chi connectivity index (χ0n) is 13.7. The number of hydrogen-bond acceptors (Lipinski definition) is 2. The van der Waals surface area contributed by atoms with Crippen LogP contribution in [-0.4, -0.2) is 5.11 Å². The summed E-state index contributed by atoms with van der Waals surface area (Å²) in [5, 5.41) is 20.5. The van der Waals surface area contributed by atoms with Crippen LogP contribution in [0, 0.1) is 35.0 Å². The molecule has 1 saturated carbocycles. The standard InChI is InChI=1S/C19H27NO/c1-14-5-7-15(8-6-14)17(21)19(13-20)11-9-16(10-12-19)18(2,3)4/h5-8,16-17,21H,9-12H2,1-4H3. The van der Waals surface area contributed by atoms with E-state index in [-0.39, 0.29) is 5.41 Å². The summed E-state index contributed by atoms with van der Waals surface area (Å²) >= 11 is 0. The number of nitrogens with zero attached hydrogens (tertiary/aromatic N) is 1. The predicted octanol–water partition coefficient (Wildman–Crippen LogP) is 4.77. The van der Waals surface area contributed by atoms with E-state index in [1.807, 2.05) is 31.2 Å². The minimum Gasteiger partial charge on any atom is -0.387 e. The Hall–Kier alpha value is -1.33. The van der Waals surface area contributed by atoms with E-state index in [1.165, 1.54) is 5.56 Å². The smallest absolute Gasteiger partial charge is 0.0976 e. The van der Waals surface area contributed by atoms with Crippen molar-refractivity contribution < 1.29 is 5.11 Å².